The Bertz CT molecular complexity index is 1040. The van der Waals surface area contributed by atoms with Crippen molar-refractivity contribution in [1.82, 2.24) is 9.55 Å². The Morgan fingerprint density at radius 3 is 2.88 bits per heavy atom. The highest BCUT2D eigenvalue weighted by Gasteiger charge is 2.31. The fourth-order valence-corrected chi connectivity index (χ4v) is 2.97. The molecule has 1 aromatic heterocycles. The minimum Gasteiger partial charge on any atom is -0.380 e. The third kappa shape index (κ3) is 3.45. The average molecular weight is 372 g/mol. The van der Waals surface area contributed by atoms with Gasteiger partial charge in [-0.3, -0.25) is 4.79 Å². The molecule has 5 nitrogen and oxygen atoms in total. The number of nitrogens with zero attached hydrogens (tertiary/aromatic N) is 3. The molecule has 1 N–H and O–H groups in total. The van der Waals surface area contributed by atoms with Crippen LogP contribution in [0.5, 0.6) is 0 Å². The van der Waals surface area contributed by atoms with Gasteiger partial charge in [0.1, 0.15) is 11.1 Å². The van der Waals surface area contributed by atoms with Crippen LogP contribution in [0.25, 0.3) is 15.9 Å². The summed E-state index contributed by atoms with van der Waals surface area (Å²) in [7, 11) is 0. The van der Waals surface area contributed by atoms with Crippen molar-refractivity contribution >= 4 is 34.1 Å². The number of para-hydroxylation sites is 1. The van der Waals surface area contributed by atoms with E-state index < -0.39 is 17.2 Å². The first-order valence-corrected chi connectivity index (χ1v) is 8.20. The zero-order chi connectivity index (χ0) is 18.9. The van der Waals surface area contributed by atoms with E-state index >= 15 is 0 Å². The van der Waals surface area contributed by atoms with Gasteiger partial charge in [0.05, 0.1) is 25.0 Å². The summed E-state index contributed by atoms with van der Waals surface area (Å²) in [6.07, 6.45) is 1.36. The fourth-order valence-electron chi connectivity index (χ4n) is 2.73. The molecule has 3 aromatic rings. The summed E-state index contributed by atoms with van der Waals surface area (Å²) in [6.45, 7) is 8.34. The third-order valence-electron chi connectivity index (χ3n) is 4.18. The lowest BCUT2D eigenvalue weighted by atomic mass is 9.95. The van der Waals surface area contributed by atoms with E-state index in [4.69, 9.17) is 18.2 Å². The van der Waals surface area contributed by atoms with Crippen molar-refractivity contribution in [2.75, 3.05) is 0 Å². The summed E-state index contributed by atoms with van der Waals surface area (Å²) in [4.78, 5) is 19.8. The number of halogens is 2. The van der Waals surface area contributed by atoms with Gasteiger partial charge in [-0.05, 0) is 24.6 Å². The lowest BCUT2D eigenvalue weighted by Gasteiger charge is -2.23. The summed E-state index contributed by atoms with van der Waals surface area (Å²) < 4.78 is 15.3. The lowest BCUT2D eigenvalue weighted by Crippen LogP contribution is -2.40. The fraction of sp³-hybridized carbons (Fsp3) is 0.211. The van der Waals surface area contributed by atoms with E-state index in [2.05, 4.69) is 9.83 Å². The average Bonchev–Trinajstić information content (AvgIpc) is 2.99. The number of aliphatic hydroxyl groups is 1. The van der Waals surface area contributed by atoms with Crippen LogP contribution >= 0.6 is 11.6 Å². The van der Waals surface area contributed by atoms with Gasteiger partial charge in [-0.15, -0.1) is 0 Å². The van der Waals surface area contributed by atoms with Crippen molar-refractivity contribution in [2.24, 2.45) is 0 Å². The molecule has 0 saturated carbocycles. The summed E-state index contributed by atoms with van der Waals surface area (Å²) in [6, 6.07) is 9.25. The first-order valence-electron chi connectivity index (χ1n) is 7.83. The summed E-state index contributed by atoms with van der Waals surface area (Å²) >= 11 is 5.99. The number of rotatable bonds is 5. The Balaban J connectivity index is 1.81. The molecule has 2 aromatic carbocycles. The second kappa shape index (κ2) is 6.87. The largest absolute Gasteiger partial charge is 0.380 e. The summed E-state index contributed by atoms with van der Waals surface area (Å²) in [5.41, 5.74) is -0.0687. The first-order chi connectivity index (χ1) is 12.3. The third-order valence-corrected chi connectivity index (χ3v) is 4.48. The van der Waals surface area contributed by atoms with Gasteiger partial charge in [-0.1, -0.05) is 35.9 Å². The van der Waals surface area contributed by atoms with Crippen molar-refractivity contribution in [3.8, 4) is 0 Å². The van der Waals surface area contributed by atoms with Crippen molar-refractivity contribution in [3.05, 3.63) is 70.5 Å². The molecule has 0 spiro atoms. The van der Waals surface area contributed by atoms with Gasteiger partial charge in [0.25, 0.3) is 0 Å². The number of hydrogen-bond acceptors (Lipinski definition) is 3. The molecule has 7 heteroatoms. The SMILES string of the molecule is [C-]#[N+]c1ccc(CC(=O)[C@@](C)(O)Cn2cnc3c(F)cccc32)cc1Cl. The van der Waals surface area contributed by atoms with E-state index in [1.807, 2.05) is 0 Å². The predicted octanol–water partition coefficient (Wildman–Crippen LogP) is 3.94. The Hall–Kier alpha value is -2.75. The summed E-state index contributed by atoms with van der Waals surface area (Å²) in [5, 5.41) is 10.9. The van der Waals surface area contributed by atoms with Crippen molar-refractivity contribution < 1.29 is 14.3 Å². The van der Waals surface area contributed by atoms with Gasteiger partial charge in [-0.2, -0.15) is 0 Å². The molecule has 0 bridgehead atoms. The van der Waals surface area contributed by atoms with Crippen LogP contribution in [0.1, 0.15) is 12.5 Å². The number of imidazole rings is 1. The predicted molar refractivity (Wildman–Crippen MR) is 96.7 cm³/mol. The highest BCUT2D eigenvalue weighted by molar-refractivity contribution is 6.33. The Kier molecular flexibility index (Phi) is 4.77. The maximum Gasteiger partial charge on any atom is 0.205 e. The highest BCUT2D eigenvalue weighted by Crippen LogP contribution is 2.27. The van der Waals surface area contributed by atoms with Crippen LogP contribution in [0.2, 0.25) is 5.02 Å². The van der Waals surface area contributed by atoms with Gasteiger partial charge >= 0.3 is 0 Å². The van der Waals surface area contributed by atoms with Crippen LogP contribution in [-0.4, -0.2) is 26.0 Å². The zero-order valence-corrected chi connectivity index (χ0v) is 14.7. The van der Waals surface area contributed by atoms with Crippen LogP contribution in [0.4, 0.5) is 10.1 Å². The molecule has 0 aliphatic rings. The van der Waals surface area contributed by atoms with E-state index in [-0.39, 0.29) is 23.5 Å². The van der Waals surface area contributed by atoms with Crippen LogP contribution in [-0.2, 0) is 17.8 Å². The molecule has 0 aliphatic carbocycles. The summed E-state index contributed by atoms with van der Waals surface area (Å²) in [5.74, 6) is -0.871. The van der Waals surface area contributed by atoms with E-state index in [0.29, 0.717) is 16.8 Å². The molecular formula is C19H15ClFN3O2. The van der Waals surface area contributed by atoms with Crippen molar-refractivity contribution in [2.45, 2.75) is 25.5 Å². The number of ketones is 1. The van der Waals surface area contributed by atoms with Crippen LogP contribution in [0, 0.1) is 12.4 Å². The molecule has 0 saturated heterocycles. The molecule has 132 valence electrons. The number of fused-ring (bicyclic) bond motifs is 1. The van der Waals surface area contributed by atoms with Gasteiger partial charge < -0.3 is 9.67 Å². The molecular weight excluding hydrogens is 357 g/mol. The van der Waals surface area contributed by atoms with Gasteiger partial charge in [0.2, 0.25) is 5.69 Å². The number of hydrogen-bond donors (Lipinski definition) is 1. The van der Waals surface area contributed by atoms with Crippen molar-refractivity contribution in [3.63, 3.8) is 0 Å². The quantitative estimate of drug-likeness (QED) is 0.691. The van der Waals surface area contributed by atoms with Crippen LogP contribution < -0.4 is 0 Å². The minimum atomic E-state index is -1.68. The smallest absolute Gasteiger partial charge is 0.205 e. The second-order valence-electron chi connectivity index (χ2n) is 6.25. The maximum atomic E-state index is 13.7. The Morgan fingerprint density at radius 1 is 1.42 bits per heavy atom. The molecule has 26 heavy (non-hydrogen) atoms. The van der Waals surface area contributed by atoms with E-state index in [1.165, 1.54) is 19.3 Å². The normalized spacial score (nSPS) is 13.3. The number of Topliss-reactive ketones (excluding diaryl/α,β-unsaturated/α-hetero) is 1. The molecule has 1 atom stereocenters. The second-order valence-corrected chi connectivity index (χ2v) is 6.66. The van der Waals surface area contributed by atoms with Crippen molar-refractivity contribution in [1.29, 1.82) is 0 Å². The molecule has 1 heterocycles. The number of benzene rings is 2. The van der Waals surface area contributed by atoms with Crippen LogP contribution in [0.15, 0.2) is 42.7 Å². The lowest BCUT2D eigenvalue weighted by molar-refractivity contribution is -0.136. The topological polar surface area (TPSA) is 59.5 Å². The molecule has 3 rings (SSSR count). The maximum absolute atomic E-state index is 13.7. The highest BCUT2D eigenvalue weighted by atomic mass is 35.5. The Labute approximate surface area is 154 Å². The molecule has 0 fully saturated rings. The number of carbonyl (C=O) groups is 1. The molecule has 0 unspecified atom stereocenters. The van der Waals surface area contributed by atoms with E-state index in [1.54, 1.807) is 34.9 Å². The standard InChI is InChI=1S/C19H15ClFN3O2/c1-19(26,10-24-11-23-18-14(21)4-3-5-16(18)24)17(25)9-12-6-7-15(22-2)13(20)8-12/h3-8,11,26H,9-10H2,1H3/t19-/m0/s1. The van der Waals surface area contributed by atoms with E-state index in [9.17, 15) is 14.3 Å². The van der Waals surface area contributed by atoms with Gasteiger partial charge in [0, 0.05) is 11.4 Å². The minimum absolute atomic E-state index is 0.0357. The van der Waals surface area contributed by atoms with E-state index in [0.717, 1.165) is 0 Å². The number of carbonyl (C=O) groups excluding carboxylic acids is 1. The zero-order valence-electron chi connectivity index (χ0n) is 13.9. The first kappa shape index (κ1) is 18.1. The van der Waals surface area contributed by atoms with Gasteiger partial charge in [-0.25, -0.2) is 14.2 Å². The molecule has 0 amide bonds. The Morgan fingerprint density at radius 2 is 2.19 bits per heavy atom. The van der Waals surface area contributed by atoms with Gasteiger partial charge in [0.15, 0.2) is 11.6 Å². The monoisotopic (exact) mass is 371 g/mol. The van der Waals surface area contributed by atoms with Crippen LogP contribution in [0.3, 0.4) is 0 Å². The molecule has 0 aliphatic heterocycles. The molecule has 0 radical (unpaired) electrons. The number of aromatic nitrogens is 2.